The van der Waals surface area contributed by atoms with Crippen LogP contribution in [0.25, 0.3) is 0 Å². The minimum Gasteiger partial charge on any atom is -0.444 e. The summed E-state index contributed by atoms with van der Waals surface area (Å²) in [6, 6.07) is 19.1. The van der Waals surface area contributed by atoms with Gasteiger partial charge in [0.25, 0.3) is 11.8 Å². The molecule has 216 valence electrons. The molecule has 0 radical (unpaired) electrons. The number of anilines is 2. The number of pyridine rings is 1. The van der Waals surface area contributed by atoms with Gasteiger partial charge < -0.3 is 10.1 Å². The zero-order chi connectivity index (χ0) is 29.7. The molecule has 0 saturated carbocycles. The van der Waals surface area contributed by atoms with Gasteiger partial charge in [0.1, 0.15) is 18.0 Å². The molecule has 1 aliphatic heterocycles. The van der Waals surface area contributed by atoms with Crippen molar-refractivity contribution in [2.75, 3.05) is 10.7 Å². The number of amides is 3. The highest BCUT2D eigenvalue weighted by molar-refractivity contribution is 7.99. The van der Waals surface area contributed by atoms with Crippen LogP contribution in [-0.4, -0.2) is 50.1 Å². The van der Waals surface area contributed by atoms with E-state index in [0.29, 0.717) is 22.1 Å². The van der Waals surface area contributed by atoms with E-state index in [-0.39, 0.29) is 24.0 Å². The van der Waals surface area contributed by atoms with Gasteiger partial charge in [0.2, 0.25) is 0 Å². The Bertz CT molecular complexity index is 1510. The Balaban J connectivity index is 1.45. The van der Waals surface area contributed by atoms with Gasteiger partial charge in [-0.05, 0) is 68.3 Å². The summed E-state index contributed by atoms with van der Waals surface area (Å²) in [5.41, 5.74) is 2.32. The third-order valence-electron chi connectivity index (χ3n) is 6.40. The van der Waals surface area contributed by atoms with E-state index in [4.69, 9.17) is 4.74 Å². The van der Waals surface area contributed by atoms with Gasteiger partial charge in [-0.1, -0.05) is 30.3 Å². The number of nitrogens with zero attached hydrogens (tertiary/aromatic N) is 4. The Morgan fingerprint density at radius 2 is 1.71 bits per heavy atom. The molecule has 5 rings (SSSR count). The second-order valence-electron chi connectivity index (χ2n) is 10.7. The topological polar surface area (TPSA) is 105 Å². The number of aromatic nitrogens is 2. The smallest absolute Gasteiger partial charge is 0.412 e. The third-order valence-corrected chi connectivity index (χ3v) is 8.48. The van der Waals surface area contributed by atoms with Gasteiger partial charge in [-0.2, -0.15) is 0 Å². The molecule has 2 unspecified atom stereocenters. The summed E-state index contributed by atoms with van der Waals surface area (Å²) in [5.74, 6) is -0.168. The second kappa shape index (κ2) is 12.7. The zero-order valence-electron chi connectivity index (χ0n) is 23.5. The number of thioether (sulfide) groups is 1. The summed E-state index contributed by atoms with van der Waals surface area (Å²) in [6.45, 7) is 5.83. The molecule has 0 aliphatic carbocycles. The lowest BCUT2D eigenvalue weighted by Crippen LogP contribution is -2.48. The number of nitrogens with one attached hydrogen (secondary N) is 1. The predicted molar refractivity (Wildman–Crippen MR) is 165 cm³/mol. The molecular formula is C31H31N5O4S2. The summed E-state index contributed by atoms with van der Waals surface area (Å²) in [4.78, 5) is 52.2. The van der Waals surface area contributed by atoms with Crippen molar-refractivity contribution >= 4 is 51.8 Å². The first-order chi connectivity index (χ1) is 20.2. The fraction of sp³-hybridized carbons (Fsp3) is 0.258. The van der Waals surface area contributed by atoms with E-state index in [2.05, 4.69) is 15.3 Å². The fourth-order valence-corrected chi connectivity index (χ4v) is 6.56. The summed E-state index contributed by atoms with van der Waals surface area (Å²) < 4.78 is 5.73. The molecule has 2 atom stereocenters. The molecule has 11 heteroatoms. The minimum absolute atomic E-state index is 0.0824. The number of benzene rings is 2. The lowest BCUT2D eigenvalue weighted by atomic mass is 10.1. The molecule has 9 nitrogen and oxygen atoms in total. The molecule has 3 heterocycles. The van der Waals surface area contributed by atoms with E-state index in [1.54, 1.807) is 48.2 Å². The number of carbonyl (C=O) groups excluding carboxylic acids is 3. The van der Waals surface area contributed by atoms with Gasteiger partial charge in [-0.15, -0.1) is 23.1 Å². The van der Waals surface area contributed by atoms with Gasteiger partial charge in [-0.25, -0.2) is 9.78 Å². The first kappa shape index (κ1) is 29.3. The number of carbonyl (C=O) groups is 3. The lowest BCUT2D eigenvalue weighted by Gasteiger charge is -2.31. The van der Waals surface area contributed by atoms with Crippen LogP contribution in [0, 0.1) is 0 Å². The van der Waals surface area contributed by atoms with E-state index in [1.165, 1.54) is 32.9 Å². The van der Waals surface area contributed by atoms with Gasteiger partial charge in [0.15, 0.2) is 5.13 Å². The number of ether oxygens (including phenoxy) is 1. The van der Waals surface area contributed by atoms with E-state index in [9.17, 15) is 14.4 Å². The van der Waals surface area contributed by atoms with Crippen LogP contribution in [0.5, 0.6) is 0 Å². The molecule has 4 aromatic rings. The van der Waals surface area contributed by atoms with E-state index in [1.807, 2.05) is 63.2 Å². The molecule has 1 N–H and O–H groups in total. The fourth-order valence-electron chi connectivity index (χ4n) is 4.48. The van der Waals surface area contributed by atoms with Crippen molar-refractivity contribution in [2.45, 2.75) is 44.3 Å². The van der Waals surface area contributed by atoms with Crippen LogP contribution in [0.15, 0.2) is 90.7 Å². The average molecular weight is 602 g/mol. The highest BCUT2D eigenvalue weighted by Gasteiger charge is 2.45. The quantitative estimate of drug-likeness (QED) is 0.270. The van der Waals surface area contributed by atoms with Crippen molar-refractivity contribution in [1.82, 2.24) is 20.2 Å². The van der Waals surface area contributed by atoms with Crippen molar-refractivity contribution in [3.63, 3.8) is 0 Å². The molecule has 2 aromatic carbocycles. The summed E-state index contributed by atoms with van der Waals surface area (Å²) in [5, 5.41) is 4.76. The number of thiazole rings is 1. The van der Waals surface area contributed by atoms with Gasteiger partial charge in [0, 0.05) is 40.8 Å². The summed E-state index contributed by atoms with van der Waals surface area (Å²) in [7, 11) is 0. The Morgan fingerprint density at radius 1 is 1.00 bits per heavy atom. The lowest BCUT2D eigenvalue weighted by molar-refractivity contribution is -0.121. The van der Waals surface area contributed by atoms with Gasteiger partial charge >= 0.3 is 6.09 Å². The van der Waals surface area contributed by atoms with Crippen LogP contribution in [0.1, 0.15) is 47.6 Å². The zero-order valence-corrected chi connectivity index (χ0v) is 25.1. The molecule has 1 saturated heterocycles. The van der Waals surface area contributed by atoms with E-state index >= 15 is 0 Å². The molecule has 1 aliphatic rings. The summed E-state index contributed by atoms with van der Waals surface area (Å²) >= 11 is 2.80. The van der Waals surface area contributed by atoms with Crippen molar-refractivity contribution in [1.29, 1.82) is 0 Å². The van der Waals surface area contributed by atoms with Crippen molar-refractivity contribution in [3.8, 4) is 0 Å². The van der Waals surface area contributed by atoms with Gasteiger partial charge in [0.05, 0.1) is 5.69 Å². The van der Waals surface area contributed by atoms with Crippen LogP contribution in [0.3, 0.4) is 0 Å². The Labute approximate surface area is 252 Å². The first-order valence-electron chi connectivity index (χ1n) is 13.4. The molecular weight excluding hydrogens is 571 g/mol. The largest absolute Gasteiger partial charge is 0.444 e. The van der Waals surface area contributed by atoms with Crippen LogP contribution < -0.4 is 10.2 Å². The highest BCUT2D eigenvalue weighted by Crippen LogP contribution is 2.43. The monoisotopic (exact) mass is 601 g/mol. The third kappa shape index (κ3) is 6.80. The maximum atomic E-state index is 14.4. The van der Waals surface area contributed by atoms with Crippen molar-refractivity contribution < 1.29 is 19.1 Å². The second-order valence-corrected chi connectivity index (χ2v) is 12.7. The number of hydrogen-bond acceptors (Lipinski definition) is 8. The molecule has 3 amide bonds. The van der Waals surface area contributed by atoms with Crippen molar-refractivity contribution in [2.24, 2.45) is 0 Å². The normalized spacial score (nSPS) is 16.6. The molecule has 2 aromatic heterocycles. The molecule has 42 heavy (non-hydrogen) atoms. The number of rotatable bonds is 7. The Kier molecular flexibility index (Phi) is 8.89. The van der Waals surface area contributed by atoms with Crippen LogP contribution in [0.4, 0.5) is 15.6 Å². The summed E-state index contributed by atoms with van der Waals surface area (Å²) in [6.07, 6.45) is 4.37. The van der Waals surface area contributed by atoms with Gasteiger partial charge in [-0.3, -0.25) is 24.4 Å². The van der Waals surface area contributed by atoms with Crippen LogP contribution in [-0.2, 0) is 16.1 Å². The SMILES string of the molecule is CC(C)(C)NC(=O)c1ccc(N(C(=O)C2CSC(c3ccncc3)N2C(=O)OCc2ccccc2)c2nccs2)cc1. The molecule has 0 bridgehead atoms. The van der Waals surface area contributed by atoms with Crippen molar-refractivity contribution in [3.05, 3.63) is 107 Å². The minimum atomic E-state index is -0.829. The standard InChI is InChI=1S/C31H31N5O4S2/c1-31(2,3)34-26(37)22-9-11-24(12-10-22)35(29-33-17-18-41-29)27(38)25-20-42-28(23-13-15-32-16-14-23)36(25)30(39)40-19-21-7-5-4-6-8-21/h4-18,25,28H,19-20H2,1-3H3,(H,34,37). The Morgan fingerprint density at radius 3 is 2.36 bits per heavy atom. The first-order valence-corrected chi connectivity index (χ1v) is 15.3. The van der Waals surface area contributed by atoms with Crippen LogP contribution in [0.2, 0.25) is 0 Å². The Hall–Kier alpha value is -4.22. The molecule has 0 spiro atoms. The maximum absolute atomic E-state index is 14.4. The highest BCUT2D eigenvalue weighted by atomic mass is 32.2. The maximum Gasteiger partial charge on any atom is 0.412 e. The molecule has 1 fully saturated rings. The number of hydrogen-bond donors (Lipinski definition) is 1. The van der Waals surface area contributed by atoms with Crippen LogP contribution >= 0.6 is 23.1 Å². The van der Waals surface area contributed by atoms with E-state index in [0.717, 1.165) is 11.1 Å². The average Bonchev–Trinajstić information content (AvgIpc) is 3.67. The van der Waals surface area contributed by atoms with E-state index < -0.39 is 17.5 Å². The predicted octanol–water partition coefficient (Wildman–Crippen LogP) is 6.18.